The van der Waals surface area contributed by atoms with E-state index >= 15 is 0 Å². The number of guanidine groups is 1. The van der Waals surface area contributed by atoms with E-state index in [9.17, 15) is 20.4 Å². The SMILES string of the molecule is CN1C(N(CCO)CCO)=Nc2c(nc(N(CCO)CCO)nc2N2CCCCC2)C1N1CCCCC1. The summed E-state index contributed by atoms with van der Waals surface area (Å²) in [5.74, 6) is 1.98. The Balaban J connectivity index is 1.90. The Morgan fingerprint density at radius 2 is 1.27 bits per heavy atom. The molecule has 12 heteroatoms. The van der Waals surface area contributed by atoms with Crippen LogP contribution in [0.3, 0.4) is 0 Å². The van der Waals surface area contributed by atoms with Crippen LogP contribution in [0.4, 0.5) is 17.5 Å². The van der Waals surface area contributed by atoms with Crippen LogP contribution in [0.1, 0.15) is 50.4 Å². The second-order valence-corrected chi connectivity index (χ2v) is 9.99. The first-order valence-electron chi connectivity index (χ1n) is 13.8. The third kappa shape index (κ3) is 6.26. The number of aliphatic hydroxyl groups is 4. The van der Waals surface area contributed by atoms with Crippen LogP contribution in [-0.4, -0.2) is 137 Å². The fourth-order valence-electron chi connectivity index (χ4n) is 5.66. The van der Waals surface area contributed by atoms with Crippen molar-refractivity contribution >= 4 is 23.4 Å². The highest BCUT2D eigenvalue weighted by atomic mass is 16.3. The molecule has 3 aliphatic heterocycles. The van der Waals surface area contributed by atoms with Gasteiger partial charge in [0.25, 0.3) is 0 Å². The van der Waals surface area contributed by atoms with Crippen LogP contribution in [0, 0.1) is 0 Å². The smallest absolute Gasteiger partial charge is 0.227 e. The Kier molecular flexibility index (Phi) is 10.1. The largest absolute Gasteiger partial charge is 0.395 e. The average molecular weight is 521 g/mol. The summed E-state index contributed by atoms with van der Waals surface area (Å²) < 4.78 is 0. The maximum Gasteiger partial charge on any atom is 0.227 e. The molecule has 0 radical (unpaired) electrons. The van der Waals surface area contributed by atoms with Gasteiger partial charge in [0.15, 0.2) is 5.82 Å². The molecule has 1 unspecified atom stereocenters. The first-order valence-corrected chi connectivity index (χ1v) is 13.8. The highest BCUT2D eigenvalue weighted by Gasteiger charge is 2.39. The number of hydrogen-bond donors (Lipinski definition) is 4. The van der Waals surface area contributed by atoms with Gasteiger partial charge in [-0.3, -0.25) is 4.90 Å². The summed E-state index contributed by atoms with van der Waals surface area (Å²) in [5.41, 5.74) is 1.57. The van der Waals surface area contributed by atoms with Gasteiger partial charge in [-0.1, -0.05) is 6.42 Å². The van der Waals surface area contributed by atoms with Gasteiger partial charge in [0.2, 0.25) is 11.9 Å². The molecular formula is C25H44N8O4. The molecule has 1 aromatic heterocycles. The molecule has 4 N–H and O–H groups in total. The monoisotopic (exact) mass is 520 g/mol. The molecule has 4 rings (SSSR count). The second kappa shape index (κ2) is 13.5. The molecule has 0 bridgehead atoms. The Morgan fingerprint density at radius 1 is 0.730 bits per heavy atom. The number of anilines is 2. The van der Waals surface area contributed by atoms with Crippen molar-refractivity contribution in [2.75, 3.05) is 95.6 Å². The van der Waals surface area contributed by atoms with Crippen molar-refractivity contribution in [3.05, 3.63) is 5.69 Å². The predicted molar refractivity (Wildman–Crippen MR) is 143 cm³/mol. The van der Waals surface area contributed by atoms with E-state index in [-0.39, 0.29) is 32.6 Å². The van der Waals surface area contributed by atoms with Crippen molar-refractivity contribution in [3.63, 3.8) is 0 Å². The molecule has 208 valence electrons. The number of aliphatic hydroxyl groups excluding tert-OH is 4. The molecule has 0 spiro atoms. The third-order valence-electron chi connectivity index (χ3n) is 7.46. The lowest BCUT2D eigenvalue weighted by molar-refractivity contribution is 0.0691. The summed E-state index contributed by atoms with van der Waals surface area (Å²) in [7, 11) is 2.00. The normalized spacial score (nSPS) is 20.6. The fraction of sp³-hybridized carbons (Fsp3) is 0.800. The van der Waals surface area contributed by atoms with Crippen LogP contribution in [0.15, 0.2) is 4.99 Å². The molecule has 0 amide bonds. The molecule has 4 heterocycles. The highest BCUT2D eigenvalue weighted by Crippen LogP contribution is 2.43. The Bertz CT molecular complexity index is 880. The number of nitrogens with zero attached hydrogens (tertiary/aromatic N) is 8. The number of hydrogen-bond acceptors (Lipinski definition) is 12. The van der Waals surface area contributed by atoms with E-state index in [1.165, 1.54) is 12.8 Å². The van der Waals surface area contributed by atoms with Gasteiger partial charge >= 0.3 is 0 Å². The van der Waals surface area contributed by atoms with E-state index in [1.807, 2.05) is 16.8 Å². The minimum Gasteiger partial charge on any atom is -0.395 e. The predicted octanol–water partition coefficient (Wildman–Crippen LogP) is -0.0381. The first-order chi connectivity index (χ1) is 18.1. The molecule has 12 nitrogen and oxygen atoms in total. The van der Waals surface area contributed by atoms with Crippen LogP contribution in [0.25, 0.3) is 0 Å². The summed E-state index contributed by atoms with van der Waals surface area (Å²) >= 11 is 0. The lowest BCUT2D eigenvalue weighted by atomic mass is 10.1. The molecule has 0 aromatic carbocycles. The van der Waals surface area contributed by atoms with E-state index in [2.05, 4.69) is 14.7 Å². The third-order valence-corrected chi connectivity index (χ3v) is 7.46. The molecule has 1 aromatic rings. The summed E-state index contributed by atoms with van der Waals surface area (Å²) in [5, 5.41) is 38.9. The molecule has 2 saturated heterocycles. The van der Waals surface area contributed by atoms with Crippen molar-refractivity contribution in [2.24, 2.45) is 4.99 Å². The Labute approximate surface area is 219 Å². The average Bonchev–Trinajstić information content (AvgIpc) is 2.93. The quantitative estimate of drug-likeness (QED) is 0.313. The van der Waals surface area contributed by atoms with Crippen LogP contribution < -0.4 is 9.80 Å². The molecule has 2 fully saturated rings. The topological polar surface area (TPSA) is 135 Å². The summed E-state index contributed by atoms with van der Waals surface area (Å²) in [6.07, 6.45) is 6.60. The zero-order valence-corrected chi connectivity index (χ0v) is 22.2. The van der Waals surface area contributed by atoms with Crippen molar-refractivity contribution < 1.29 is 20.4 Å². The van der Waals surface area contributed by atoms with Gasteiger partial charge in [-0.25, -0.2) is 9.98 Å². The van der Waals surface area contributed by atoms with Crippen molar-refractivity contribution in [1.82, 2.24) is 24.7 Å². The van der Waals surface area contributed by atoms with E-state index < -0.39 is 0 Å². The maximum absolute atomic E-state index is 9.76. The fourth-order valence-corrected chi connectivity index (χ4v) is 5.66. The zero-order valence-electron chi connectivity index (χ0n) is 22.2. The summed E-state index contributed by atoms with van der Waals surface area (Å²) in [6, 6.07) is 0. The van der Waals surface area contributed by atoms with Gasteiger partial charge in [-0.2, -0.15) is 4.98 Å². The summed E-state index contributed by atoms with van der Waals surface area (Å²) in [6.45, 7) is 4.84. The molecule has 0 saturated carbocycles. The van der Waals surface area contributed by atoms with Gasteiger partial charge in [-0.15, -0.1) is 0 Å². The number of aromatic nitrogens is 2. The second-order valence-electron chi connectivity index (χ2n) is 9.99. The molecule has 3 aliphatic rings. The van der Waals surface area contributed by atoms with Gasteiger partial charge in [0, 0.05) is 59.4 Å². The van der Waals surface area contributed by atoms with Crippen LogP contribution in [0.5, 0.6) is 0 Å². The number of piperidine rings is 2. The number of fused-ring (bicyclic) bond motifs is 1. The maximum atomic E-state index is 9.76. The van der Waals surface area contributed by atoms with Crippen molar-refractivity contribution in [2.45, 2.75) is 44.7 Å². The van der Waals surface area contributed by atoms with E-state index in [0.717, 1.165) is 69.1 Å². The molecule has 0 aliphatic carbocycles. The molecule has 1 atom stereocenters. The lowest BCUT2D eigenvalue weighted by Gasteiger charge is -2.46. The van der Waals surface area contributed by atoms with E-state index in [0.29, 0.717) is 38.1 Å². The van der Waals surface area contributed by atoms with Gasteiger partial charge < -0.3 is 40.0 Å². The van der Waals surface area contributed by atoms with Crippen LogP contribution in [-0.2, 0) is 0 Å². The minimum absolute atomic E-state index is 0.0419. The first kappa shape index (κ1) is 27.8. The standard InChI is InChI=1S/C25H44N8O4/c1-29-23(31-10-6-3-7-11-31)21-20(27-25(29)33(14-18-36)15-19-37)22(30-8-4-2-5-9-30)28-24(26-21)32(12-16-34)13-17-35/h23,34-37H,2-19H2,1H3. The Morgan fingerprint density at radius 3 is 1.84 bits per heavy atom. The number of likely N-dealkylation sites (tertiary alicyclic amines) is 1. The zero-order chi connectivity index (χ0) is 26.2. The van der Waals surface area contributed by atoms with Gasteiger partial charge in [0.05, 0.1) is 26.4 Å². The van der Waals surface area contributed by atoms with Crippen molar-refractivity contribution in [3.8, 4) is 0 Å². The number of rotatable bonds is 11. The highest BCUT2D eigenvalue weighted by molar-refractivity contribution is 5.88. The molecular weight excluding hydrogens is 476 g/mol. The lowest BCUT2D eigenvalue weighted by Crippen LogP contribution is -2.53. The Hall–Kier alpha value is -2.25. The molecule has 37 heavy (non-hydrogen) atoms. The van der Waals surface area contributed by atoms with Crippen LogP contribution in [0.2, 0.25) is 0 Å². The summed E-state index contributed by atoms with van der Waals surface area (Å²) in [4.78, 5) is 25.8. The minimum atomic E-state index is -0.182. The van der Waals surface area contributed by atoms with E-state index in [4.69, 9.17) is 15.0 Å². The van der Waals surface area contributed by atoms with Crippen molar-refractivity contribution in [1.29, 1.82) is 0 Å². The van der Waals surface area contributed by atoms with E-state index in [1.54, 1.807) is 0 Å². The van der Waals surface area contributed by atoms with Gasteiger partial charge in [-0.05, 0) is 32.1 Å². The number of aliphatic imine (C=N–C) groups is 1. The van der Waals surface area contributed by atoms with Gasteiger partial charge in [0.1, 0.15) is 17.5 Å². The van der Waals surface area contributed by atoms with Crippen LogP contribution >= 0.6 is 0 Å².